The Kier molecular flexibility index (Phi) is 7.56. The fraction of sp³-hybridized carbons (Fsp3) is 0.125. The minimum atomic E-state index is -0.320. The molecule has 0 saturated heterocycles. The molecular weight excluding hydrogens is 458 g/mol. The Hall–Kier alpha value is -3.45. The first kappa shape index (κ1) is 22.2. The number of anilines is 1. The molecule has 0 atom stereocenters. The van der Waals surface area contributed by atoms with Gasteiger partial charge in [-0.2, -0.15) is 5.10 Å². The first-order chi connectivity index (χ1) is 14.9. The lowest BCUT2D eigenvalue weighted by Gasteiger charge is -2.09. The van der Waals surface area contributed by atoms with Crippen LogP contribution in [0.1, 0.15) is 27.0 Å². The number of carbonyl (C=O) groups is 2. The van der Waals surface area contributed by atoms with E-state index in [1.165, 1.54) is 11.8 Å². The van der Waals surface area contributed by atoms with Crippen LogP contribution < -0.4 is 15.5 Å². The van der Waals surface area contributed by atoms with Gasteiger partial charge in [-0.25, -0.2) is 5.43 Å². The first-order valence-electron chi connectivity index (χ1n) is 9.60. The van der Waals surface area contributed by atoms with Crippen molar-refractivity contribution < 1.29 is 14.3 Å². The molecule has 0 heterocycles. The van der Waals surface area contributed by atoms with Crippen LogP contribution in [0.4, 0.5) is 5.69 Å². The van der Waals surface area contributed by atoms with Gasteiger partial charge in [-0.05, 0) is 82.9 Å². The summed E-state index contributed by atoms with van der Waals surface area (Å²) in [5, 5.41) is 6.81. The summed E-state index contributed by atoms with van der Waals surface area (Å²) < 4.78 is 6.27. The highest BCUT2D eigenvalue weighted by atomic mass is 79.9. The molecule has 7 heteroatoms. The second-order valence-corrected chi connectivity index (χ2v) is 7.74. The summed E-state index contributed by atoms with van der Waals surface area (Å²) in [5.74, 6) is -0.0431. The molecule has 3 aromatic carbocycles. The summed E-state index contributed by atoms with van der Waals surface area (Å²) in [7, 11) is 0. The van der Waals surface area contributed by atoms with Crippen molar-refractivity contribution in [1.29, 1.82) is 0 Å². The first-order valence-corrected chi connectivity index (χ1v) is 10.4. The van der Waals surface area contributed by atoms with E-state index in [1.807, 2.05) is 44.2 Å². The molecule has 0 aliphatic heterocycles. The molecule has 2 N–H and O–H groups in total. The molecule has 2 amide bonds. The van der Waals surface area contributed by atoms with Gasteiger partial charge in [0.05, 0.1) is 11.8 Å². The predicted octanol–water partition coefficient (Wildman–Crippen LogP) is 4.85. The van der Waals surface area contributed by atoms with E-state index in [0.29, 0.717) is 15.8 Å². The number of ether oxygens (including phenoxy) is 1. The Morgan fingerprint density at radius 3 is 2.58 bits per heavy atom. The molecule has 0 unspecified atom stereocenters. The fourth-order valence-electron chi connectivity index (χ4n) is 2.72. The number of halogens is 1. The summed E-state index contributed by atoms with van der Waals surface area (Å²) in [6, 6.07) is 19.9. The third-order valence-corrected chi connectivity index (χ3v) is 5.21. The Labute approximate surface area is 189 Å². The molecule has 0 aliphatic rings. The number of benzene rings is 3. The molecule has 0 saturated carbocycles. The Bertz CT molecular complexity index is 1130. The SMILES string of the molecule is Cc1ccc(NC(=O)COc2cccc(/C=N\NC(=O)c3ccccc3Br)c2)cc1C. The van der Waals surface area contributed by atoms with Crippen LogP contribution in [-0.2, 0) is 4.79 Å². The molecule has 0 aliphatic carbocycles. The molecule has 3 rings (SSSR count). The summed E-state index contributed by atoms with van der Waals surface area (Å²) >= 11 is 3.34. The van der Waals surface area contributed by atoms with Gasteiger partial charge in [-0.3, -0.25) is 9.59 Å². The molecule has 158 valence electrons. The van der Waals surface area contributed by atoms with Gasteiger partial charge in [0.25, 0.3) is 11.8 Å². The van der Waals surface area contributed by atoms with Gasteiger partial charge in [0.1, 0.15) is 5.75 Å². The lowest BCUT2D eigenvalue weighted by atomic mass is 10.1. The van der Waals surface area contributed by atoms with Gasteiger partial charge in [0.2, 0.25) is 0 Å². The van der Waals surface area contributed by atoms with Gasteiger partial charge in [-0.15, -0.1) is 0 Å². The normalized spacial score (nSPS) is 10.7. The number of nitrogens with zero attached hydrogens (tertiary/aromatic N) is 1. The number of hydrogen-bond acceptors (Lipinski definition) is 4. The highest BCUT2D eigenvalue weighted by Gasteiger charge is 2.08. The molecular formula is C24H22BrN3O3. The van der Waals surface area contributed by atoms with E-state index in [1.54, 1.807) is 36.4 Å². The average Bonchev–Trinajstić information content (AvgIpc) is 2.75. The van der Waals surface area contributed by atoms with Crippen molar-refractivity contribution in [1.82, 2.24) is 5.43 Å². The molecule has 0 radical (unpaired) electrons. The second-order valence-electron chi connectivity index (χ2n) is 6.89. The van der Waals surface area contributed by atoms with Crippen molar-refractivity contribution in [2.45, 2.75) is 13.8 Å². The van der Waals surface area contributed by atoms with Crippen LogP contribution in [0.5, 0.6) is 5.75 Å². The van der Waals surface area contributed by atoms with Crippen LogP contribution >= 0.6 is 15.9 Å². The van der Waals surface area contributed by atoms with Crippen molar-refractivity contribution in [2.24, 2.45) is 5.10 Å². The van der Waals surface area contributed by atoms with E-state index in [-0.39, 0.29) is 18.4 Å². The Balaban J connectivity index is 1.53. The zero-order valence-corrected chi connectivity index (χ0v) is 18.8. The van der Waals surface area contributed by atoms with E-state index in [0.717, 1.165) is 16.8 Å². The lowest BCUT2D eigenvalue weighted by molar-refractivity contribution is -0.118. The van der Waals surface area contributed by atoms with E-state index in [4.69, 9.17) is 4.74 Å². The topological polar surface area (TPSA) is 79.8 Å². The second kappa shape index (κ2) is 10.5. The number of rotatable bonds is 7. The summed E-state index contributed by atoms with van der Waals surface area (Å²) in [6.07, 6.45) is 1.51. The van der Waals surface area contributed by atoms with Crippen LogP contribution in [0.15, 0.2) is 76.3 Å². The van der Waals surface area contributed by atoms with Crippen LogP contribution in [-0.4, -0.2) is 24.6 Å². The number of nitrogens with one attached hydrogen (secondary N) is 2. The highest BCUT2D eigenvalue weighted by Crippen LogP contribution is 2.16. The predicted molar refractivity (Wildman–Crippen MR) is 126 cm³/mol. The molecule has 3 aromatic rings. The van der Waals surface area contributed by atoms with Gasteiger partial charge in [0, 0.05) is 10.2 Å². The van der Waals surface area contributed by atoms with Crippen LogP contribution in [0.25, 0.3) is 0 Å². The van der Waals surface area contributed by atoms with Crippen molar-refractivity contribution in [3.8, 4) is 5.75 Å². The van der Waals surface area contributed by atoms with E-state index < -0.39 is 0 Å². The average molecular weight is 480 g/mol. The van der Waals surface area contributed by atoms with Crippen LogP contribution in [0.2, 0.25) is 0 Å². The number of carbonyl (C=O) groups excluding carboxylic acids is 2. The summed E-state index contributed by atoms with van der Waals surface area (Å²) in [6.45, 7) is 3.90. The van der Waals surface area contributed by atoms with Crippen LogP contribution in [0.3, 0.4) is 0 Å². The largest absolute Gasteiger partial charge is 0.484 e. The smallest absolute Gasteiger partial charge is 0.272 e. The lowest BCUT2D eigenvalue weighted by Crippen LogP contribution is -2.20. The van der Waals surface area contributed by atoms with E-state index in [9.17, 15) is 9.59 Å². The Morgan fingerprint density at radius 2 is 1.81 bits per heavy atom. The van der Waals surface area contributed by atoms with Gasteiger partial charge in [-0.1, -0.05) is 30.3 Å². The third kappa shape index (κ3) is 6.52. The van der Waals surface area contributed by atoms with Gasteiger partial charge in [0.15, 0.2) is 6.61 Å². The monoisotopic (exact) mass is 479 g/mol. The summed E-state index contributed by atoms with van der Waals surface area (Å²) in [5.41, 5.74) is 6.71. The molecule has 6 nitrogen and oxygen atoms in total. The van der Waals surface area contributed by atoms with Crippen LogP contribution in [0, 0.1) is 13.8 Å². The minimum absolute atomic E-state index is 0.119. The van der Waals surface area contributed by atoms with Crippen molar-refractivity contribution in [2.75, 3.05) is 11.9 Å². The van der Waals surface area contributed by atoms with E-state index >= 15 is 0 Å². The van der Waals surface area contributed by atoms with Crippen molar-refractivity contribution in [3.05, 3.63) is 93.5 Å². The van der Waals surface area contributed by atoms with Gasteiger partial charge >= 0.3 is 0 Å². The number of hydrogen-bond donors (Lipinski definition) is 2. The zero-order valence-electron chi connectivity index (χ0n) is 17.2. The number of amides is 2. The number of aryl methyl sites for hydroxylation is 2. The molecule has 0 bridgehead atoms. The quantitative estimate of drug-likeness (QED) is 0.375. The Morgan fingerprint density at radius 1 is 1.00 bits per heavy atom. The molecule has 0 aromatic heterocycles. The van der Waals surface area contributed by atoms with Crippen molar-refractivity contribution in [3.63, 3.8) is 0 Å². The molecule has 0 spiro atoms. The zero-order chi connectivity index (χ0) is 22.2. The maximum atomic E-state index is 12.2. The maximum Gasteiger partial charge on any atom is 0.272 e. The maximum absolute atomic E-state index is 12.2. The third-order valence-electron chi connectivity index (χ3n) is 4.52. The highest BCUT2D eigenvalue weighted by molar-refractivity contribution is 9.10. The molecule has 31 heavy (non-hydrogen) atoms. The fourth-order valence-corrected chi connectivity index (χ4v) is 3.19. The standard InChI is InChI=1S/C24H22BrN3O3/c1-16-10-11-19(12-17(16)2)27-23(29)15-31-20-7-5-6-18(13-20)14-26-28-24(30)21-8-3-4-9-22(21)25/h3-14H,15H2,1-2H3,(H,27,29)(H,28,30)/b26-14-. The van der Waals surface area contributed by atoms with E-state index in [2.05, 4.69) is 31.8 Å². The van der Waals surface area contributed by atoms with Crippen molar-refractivity contribution >= 4 is 39.6 Å². The molecule has 0 fully saturated rings. The summed E-state index contributed by atoms with van der Waals surface area (Å²) in [4.78, 5) is 24.3. The van der Waals surface area contributed by atoms with Gasteiger partial charge < -0.3 is 10.1 Å². The number of hydrazone groups is 1. The minimum Gasteiger partial charge on any atom is -0.484 e.